The first-order valence-corrected chi connectivity index (χ1v) is 8.57. The first-order valence-electron chi connectivity index (χ1n) is 7.53. The predicted octanol–water partition coefficient (Wildman–Crippen LogP) is 4.06. The minimum absolute atomic E-state index is 0.0223. The summed E-state index contributed by atoms with van der Waals surface area (Å²) in [6.07, 6.45) is 3.62. The SMILES string of the molecule is CC(=O)O[C@@H]1C=C[C@@H](SCc2ccc(C(C)(C)C)cc2)OC1. The van der Waals surface area contributed by atoms with E-state index in [-0.39, 0.29) is 22.9 Å². The normalized spacial score (nSPS) is 21.6. The van der Waals surface area contributed by atoms with Gasteiger partial charge < -0.3 is 9.47 Å². The van der Waals surface area contributed by atoms with Crippen LogP contribution < -0.4 is 0 Å². The van der Waals surface area contributed by atoms with Gasteiger partial charge in [-0.3, -0.25) is 4.79 Å². The number of benzene rings is 1. The Morgan fingerprint density at radius 1 is 1.27 bits per heavy atom. The molecule has 120 valence electrons. The Morgan fingerprint density at radius 3 is 2.45 bits per heavy atom. The summed E-state index contributed by atoms with van der Waals surface area (Å²) < 4.78 is 10.8. The zero-order chi connectivity index (χ0) is 16.2. The lowest BCUT2D eigenvalue weighted by molar-refractivity contribution is -0.147. The molecule has 0 saturated heterocycles. The van der Waals surface area contributed by atoms with Crippen LogP contribution in [0.4, 0.5) is 0 Å². The van der Waals surface area contributed by atoms with Gasteiger partial charge in [-0.1, -0.05) is 45.0 Å². The summed E-state index contributed by atoms with van der Waals surface area (Å²) in [4.78, 5) is 10.9. The number of hydrogen-bond acceptors (Lipinski definition) is 4. The van der Waals surface area contributed by atoms with Gasteiger partial charge in [0.15, 0.2) is 0 Å². The Hall–Kier alpha value is -1.26. The molecule has 4 heteroatoms. The van der Waals surface area contributed by atoms with E-state index in [4.69, 9.17) is 9.47 Å². The van der Waals surface area contributed by atoms with Crippen LogP contribution in [0.25, 0.3) is 0 Å². The molecule has 1 aliphatic rings. The molecule has 2 rings (SSSR count). The van der Waals surface area contributed by atoms with Crippen molar-refractivity contribution in [2.24, 2.45) is 0 Å². The number of hydrogen-bond donors (Lipinski definition) is 0. The molecule has 3 nitrogen and oxygen atoms in total. The van der Waals surface area contributed by atoms with Crippen molar-refractivity contribution in [1.82, 2.24) is 0 Å². The number of ether oxygens (including phenoxy) is 2. The van der Waals surface area contributed by atoms with Crippen molar-refractivity contribution in [1.29, 1.82) is 0 Å². The summed E-state index contributed by atoms with van der Waals surface area (Å²) in [6, 6.07) is 8.76. The average molecular weight is 320 g/mol. The number of carbonyl (C=O) groups is 1. The van der Waals surface area contributed by atoms with E-state index in [1.807, 2.05) is 12.2 Å². The van der Waals surface area contributed by atoms with Crippen molar-refractivity contribution < 1.29 is 14.3 Å². The number of thioether (sulfide) groups is 1. The lowest BCUT2D eigenvalue weighted by atomic mass is 9.87. The van der Waals surface area contributed by atoms with Crippen LogP contribution in [-0.2, 0) is 25.4 Å². The van der Waals surface area contributed by atoms with E-state index in [9.17, 15) is 4.79 Å². The van der Waals surface area contributed by atoms with Crippen LogP contribution in [0.3, 0.4) is 0 Å². The maximum atomic E-state index is 10.9. The smallest absolute Gasteiger partial charge is 0.303 e. The van der Waals surface area contributed by atoms with Crippen LogP contribution in [0.2, 0.25) is 0 Å². The van der Waals surface area contributed by atoms with Gasteiger partial charge in [0.25, 0.3) is 0 Å². The minimum atomic E-state index is -0.275. The maximum absolute atomic E-state index is 10.9. The van der Waals surface area contributed by atoms with Crippen molar-refractivity contribution in [3.05, 3.63) is 47.5 Å². The third-order valence-electron chi connectivity index (χ3n) is 3.46. The van der Waals surface area contributed by atoms with Gasteiger partial charge in [0.05, 0.1) is 6.61 Å². The predicted molar refractivity (Wildman–Crippen MR) is 90.9 cm³/mol. The molecule has 0 aromatic heterocycles. The molecule has 0 amide bonds. The van der Waals surface area contributed by atoms with E-state index < -0.39 is 0 Å². The molecule has 0 unspecified atom stereocenters. The highest BCUT2D eigenvalue weighted by atomic mass is 32.2. The monoisotopic (exact) mass is 320 g/mol. The third-order valence-corrected chi connectivity index (χ3v) is 4.58. The van der Waals surface area contributed by atoms with Gasteiger partial charge in [-0.25, -0.2) is 0 Å². The standard InChI is InChI=1S/C18H24O3S/c1-13(19)21-16-9-10-17(20-11-16)22-12-14-5-7-15(8-6-14)18(2,3)4/h5-10,16-17H,11-12H2,1-4H3/t16-,17-/m1/s1. The second-order valence-corrected chi connectivity index (χ2v) is 7.58. The van der Waals surface area contributed by atoms with Crippen molar-refractivity contribution >= 4 is 17.7 Å². The van der Waals surface area contributed by atoms with Crippen LogP contribution in [0.15, 0.2) is 36.4 Å². The molecule has 0 N–H and O–H groups in total. The van der Waals surface area contributed by atoms with Gasteiger partial charge in [-0.15, -0.1) is 11.8 Å². The van der Waals surface area contributed by atoms with Gasteiger partial charge >= 0.3 is 5.97 Å². The summed E-state index contributed by atoms with van der Waals surface area (Å²) in [5.74, 6) is 0.626. The van der Waals surface area contributed by atoms with Crippen molar-refractivity contribution in [3.63, 3.8) is 0 Å². The second kappa shape index (κ2) is 7.34. The molecule has 0 fully saturated rings. The first kappa shape index (κ1) is 17.1. The molecular formula is C18H24O3S. The minimum Gasteiger partial charge on any atom is -0.456 e. The van der Waals surface area contributed by atoms with E-state index in [2.05, 4.69) is 45.0 Å². The summed E-state index contributed by atoms with van der Waals surface area (Å²) in [6.45, 7) is 8.50. The molecule has 0 radical (unpaired) electrons. The highest BCUT2D eigenvalue weighted by Gasteiger charge is 2.18. The van der Waals surface area contributed by atoms with E-state index in [1.165, 1.54) is 18.1 Å². The molecule has 1 aliphatic heterocycles. The fraction of sp³-hybridized carbons (Fsp3) is 0.500. The van der Waals surface area contributed by atoms with Gasteiger partial charge in [0, 0.05) is 12.7 Å². The zero-order valence-electron chi connectivity index (χ0n) is 13.7. The van der Waals surface area contributed by atoms with Crippen molar-refractivity contribution in [2.75, 3.05) is 6.61 Å². The molecule has 1 aromatic rings. The molecule has 1 heterocycles. The first-order chi connectivity index (χ1) is 10.3. The maximum Gasteiger partial charge on any atom is 0.303 e. The number of rotatable bonds is 4. The Morgan fingerprint density at radius 2 is 1.95 bits per heavy atom. The lowest BCUT2D eigenvalue weighted by Gasteiger charge is -2.23. The van der Waals surface area contributed by atoms with E-state index in [0.717, 1.165) is 5.75 Å². The summed E-state index contributed by atoms with van der Waals surface area (Å²) in [7, 11) is 0. The van der Waals surface area contributed by atoms with E-state index in [0.29, 0.717) is 6.61 Å². The molecule has 0 spiro atoms. The Bertz CT molecular complexity index is 528. The highest BCUT2D eigenvalue weighted by Crippen LogP contribution is 2.26. The Kier molecular flexibility index (Phi) is 5.70. The molecular weight excluding hydrogens is 296 g/mol. The number of carbonyl (C=O) groups excluding carboxylic acids is 1. The average Bonchev–Trinajstić information content (AvgIpc) is 2.45. The van der Waals surface area contributed by atoms with Crippen LogP contribution in [0.5, 0.6) is 0 Å². The molecule has 1 aromatic carbocycles. The quantitative estimate of drug-likeness (QED) is 0.619. The summed E-state index contributed by atoms with van der Waals surface area (Å²) in [5, 5.41) is 0. The van der Waals surface area contributed by atoms with Crippen molar-refractivity contribution in [2.45, 2.75) is 50.4 Å². The summed E-state index contributed by atoms with van der Waals surface area (Å²) >= 11 is 1.74. The Labute approximate surface area is 137 Å². The van der Waals surface area contributed by atoms with Gasteiger partial charge in [-0.2, -0.15) is 0 Å². The topological polar surface area (TPSA) is 35.5 Å². The van der Waals surface area contributed by atoms with Crippen LogP contribution in [-0.4, -0.2) is 24.1 Å². The highest BCUT2D eigenvalue weighted by molar-refractivity contribution is 7.99. The third kappa shape index (κ3) is 5.18. The Balaban J connectivity index is 1.83. The van der Waals surface area contributed by atoms with Crippen LogP contribution in [0.1, 0.15) is 38.8 Å². The second-order valence-electron chi connectivity index (χ2n) is 6.49. The molecule has 0 aliphatic carbocycles. The fourth-order valence-corrected chi connectivity index (χ4v) is 3.11. The molecule has 0 bridgehead atoms. The van der Waals surface area contributed by atoms with Gasteiger partial charge in [0.2, 0.25) is 0 Å². The molecule has 2 atom stereocenters. The largest absolute Gasteiger partial charge is 0.456 e. The van der Waals surface area contributed by atoms with E-state index in [1.54, 1.807) is 11.8 Å². The summed E-state index contributed by atoms with van der Waals surface area (Å²) in [5.41, 5.74) is 2.84. The lowest BCUT2D eigenvalue weighted by Crippen LogP contribution is -2.26. The van der Waals surface area contributed by atoms with Crippen LogP contribution in [0, 0.1) is 0 Å². The van der Waals surface area contributed by atoms with Crippen LogP contribution >= 0.6 is 11.8 Å². The van der Waals surface area contributed by atoms with E-state index >= 15 is 0 Å². The van der Waals surface area contributed by atoms with Gasteiger partial charge in [0.1, 0.15) is 11.5 Å². The zero-order valence-corrected chi connectivity index (χ0v) is 14.5. The molecule has 0 saturated carbocycles. The number of esters is 1. The van der Waals surface area contributed by atoms with Crippen molar-refractivity contribution in [3.8, 4) is 0 Å². The van der Waals surface area contributed by atoms with Gasteiger partial charge in [-0.05, 0) is 28.7 Å². The molecule has 22 heavy (non-hydrogen) atoms. The fourth-order valence-electron chi connectivity index (χ4n) is 2.18.